The first-order chi connectivity index (χ1) is 12.5. The molecule has 1 aliphatic heterocycles. The number of carbonyl (C=O) groups is 1. The molecule has 0 atom stereocenters. The molecule has 134 valence electrons. The molecule has 1 aliphatic rings. The number of fused-ring (bicyclic) bond motifs is 1. The van der Waals surface area contributed by atoms with E-state index in [1.165, 1.54) is 0 Å². The van der Waals surface area contributed by atoms with E-state index in [-0.39, 0.29) is 5.91 Å². The van der Waals surface area contributed by atoms with Gasteiger partial charge in [-0.1, -0.05) is 23.3 Å². The van der Waals surface area contributed by atoms with Crippen molar-refractivity contribution in [2.45, 2.75) is 20.8 Å². The van der Waals surface area contributed by atoms with Gasteiger partial charge in [0, 0.05) is 37.4 Å². The second-order valence-electron chi connectivity index (χ2n) is 7.02. The molecule has 0 unspecified atom stereocenters. The van der Waals surface area contributed by atoms with Crippen LogP contribution in [0.1, 0.15) is 27.2 Å². The number of aryl methyl sites for hydroxylation is 3. The number of hydrogen-bond donors (Lipinski definition) is 0. The maximum Gasteiger partial charge on any atom is 0.253 e. The summed E-state index contributed by atoms with van der Waals surface area (Å²) in [5, 5.41) is 8.63. The van der Waals surface area contributed by atoms with Crippen LogP contribution in [0.2, 0.25) is 0 Å². The monoisotopic (exact) mass is 349 g/mol. The van der Waals surface area contributed by atoms with Crippen LogP contribution >= 0.6 is 0 Å². The standard InChI is InChI=1S/C20H23N5O/c1-14-11-15(2)13-17(12-14)19(26)23-7-9-24(10-8-23)20-22-21-18-6-4-5-16(3)25(18)20/h4-6,11-13H,7-10H2,1-3H3. The van der Waals surface area contributed by atoms with Gasteiger partial charge in [0.15, 0.2) is 5.65 Å². The Morgan fingerprint density at radius 2 is 1.62 bits per heavy atom. The van der Waals surface area contributed by atoms with Crippen molar-refractivity contribution in [2.24, 2.45) is 0 Å². The van der Waals surface area contributed by atoms with Crippen molar-refractivity contribution in [1.29, 1.82) is 0 Å². The Hall–Kier alpha value is -2.89. The number of pyridine rings is 1. The van der Waals surface area contributed by atoms with E-state index < -0.39 is 0 Å². The first-order valence-corrected chi connectivity index (χ1v) is 8.96. The number of benzene rings is 1. The molecule has 1 saturated heterocycles. The topological polar surface area (TPSA) is 53.7 Å². The van der Waals surface area contributed by atoms with Gasteiger partial charge in [0.1, 0.15) is 0 Å². The number of piperazine rings is 1. The Kier molecular flexibility index (Phi) is 4.11. The summed E-state index contributed by atoms with van der Waals surface area (Å²) in [5.41, 5.74) is 4.99. The molecule has 2 aromatic heterocycles. The van der Waals surface area contributed by atoms with Crippen LogP contribution < -0.4 is 4.90 Å². The Balaban J connectivity index is 1.51. The lowest BCUT2D eigenvalue weighted by Gasteiger charge is -2.35. The van der Waals surface area contributed by atoms with E-state index in [0.29, 0.717) is 13.1 Å². The summed E-state index contributed by atoms with van der Waals surface area (Å²) in [6, 6.07) is 12.0. The summed E-state index contributed by atoms with van der Waals surface area (Å²) < 4.78 is 2.07. The van der Waals surface area contributed by atoms with E-state index in [1.54, 1.807) is 0 Å². The zero-order valence-corrected chi connectivity index (χ0v) is 15.4. The number of nitrogens with zero attached hydrogens (tertiary/aromatic N) is 5. The van der Waals surface area contributed by atoms with Crippen LogP contribution in [0, 0.1) is 20.8 Å². The second-order valence-corrected chi connectivity index (χ2v) is 7.02. The van der Waals surface area contributed by atoms with Crippen LogP contribution in [0.15, 0.2) is 36.4 Å². The normalized spacial score (nSPS) is 14.9. The van der Waals surface area contributed by atoms with E-state index in [2.05, 4.69) is 38.6 Å². The maximum atomic E-state index is 12.8. The first-order valence-electron chi connectivity index (χ1n) is 8.96. The Labute approximate surface area is 153 Å². The number of aromatic nitrogens is 3. The Morgan fingerprint density at radius 1 is 0.923 bits per heavy atom. The smallest absolute Gasteiger partial charge is 0.253 e. The van der Waals surface area contributed by atoms with Gasteiger partial charge < -0.3 is 9.80 Å². The lowest BCUT2D eigenvalue weighted by Crippen LogP contribution is -2.49. The highest BCUT2D eigenvalue weighted by Gasteiger charge is 2.25. The third-order valence-corrected chi connectivity index (χ3v) is 4.92. The number of rotatable bonds is 2. The van der Waals surface area contributed by atoms with Gasteiger partial charge in [-0.05, 0) is 45.0 Å². The van der Waals surface area contributed by atoms with Crippen LogP contribution in [0.3, 0.4) is 0 Å². The maximum absolute atomic E-state index is 12.8. The fourth-order valence-electron chi connectivity index (χ4n) is 3.68. The molecule has 3 aromatic rings. The molecule has 0 aliphatic carbocycles. The van der Waals surface area contributed by atoms with E-state index in [4.69, 9.17) is 0 Å². The fraction of sp³-hybridized carbons (Fsp3) is 0.350. The first kappa shape index (κ1) is 16.6. The quantitative estimate of drug-likeness (QED) is 0.714. The number of carbonyl (C=O) groups excluding carboxylic acids is 1. The predicted octanol–water partition coefficient (Wildman–Crippen LogP) is 2.62. The minimum absolute atomic E-state index is 0.110. The third kappa shape index (κ3) is 2.92. The molecule has 1 fully saturated rings. The number of amides is 1. The molecule has 4 rings (SSSR count). The highest BCUT2D eigenvalue weighted by Crippen LogP contribution is 2.19. The average Bonchev–Trinajstić information content (AvgIpc) is 3.06. The zero-order chi connectivity index (χ0) is 18.3. The summed E-state index contributed by atoms with van der Waals surface area (Å²) in [6.45, 7) is 9.00. The van der Waals surface area contributed by atoms with Gasteiger partial charge in [-0.25, -0.2) is 0 Å². The number of hydrogen-bond acceptors (Lipinski definition) is 4. The lowest BCUT2D eigenvalue weighted by atomic mass is 10.1. The zero-order valence-electron chi connectivity index (χ0n) is 15.4. The van der Waals surface area contributed by atoms with Crippen molar-refractivity contribution in [2.75, 3.05) is 31.1 Å². The molecule has 1 amide bonds. The molecule has 26 heavy (non-hydrogen) atoms. The predicted molar refractivity (Wildman–Crippen MR) is 102 cm³/mol. The van der Waals surface area contributed by atoms with Crippen molar-refractivity contribution in [3.8, 4) is 0 Å². The Bertz CT molecular complexity index is 949. The summed E-state index contributed by atoms with van der Waals surface area (Å²) in [5.74, 6) is 0.968. The lowest BCUT2D eigenvalue weighted by molar-refractivity contribution is 0.0746. The molecule has 0 spiro atoms. The summed E-state index contributed by atoms with van der Waals surface area (Å²) in [6.07, 6.45) is 0. The van der Waals surface area contributed by atoms with Gasteiger partial charge in [-0.15, -0.1) is 10.2 Å². The van der Waals surface area contributed by atoms with Crippen LogP contribution in [0.4, 0.5) is 5.95 Å². The highest BCUT2D eigenvalue weighted by atomic mass is 16.2. The van der Waals surface area contributed by atoms with Crippen molar-refractivity contribution in [3.05, 3.63) is 58.8 Å². The van der Waals surface area contributed by atoms with Crippen LogP contribution in [-0.2, 0) is 0 Å². The minimum Gasteiger partial charge on any atom is -0.337 e. The molecule has 6 heteroatoms. The highest BCUT2D eigenvalue weighted by molar-refractivity contribution is 5.94. The molecular formula is C20H23N5O. The molecule has 0 saturated carbocycles. The molecule has 6 nitrogen and oxygen atoms in total. The number of anilines is 1. The van der Waals surface area contributed by atoms with Gasteiger partial charge in [-0.3, -0.25) is 9.20 Å². The largest absolute Gasteiger partial charge is 0.337 e. The van der Waals surface area contributed by atoms with E-state index in [9.17, 15) is 4.79 Å². The molecule has 0 bridgehead atoms. The molecule has 3 heterocycles. The van der Waals surface area contributed by atoms with Gasteiger partial charge in [0.05, 0.1) is 0 Å². The van der Waals surface area contributed by atoms with Gasteiger partial charge in [0.2, 0.25) is 5.95 Å². The summed E-state index contributed by atoms with van der Waals surface area (Å²) in [7, 11) is 0. The molecule has 0 N–H and O–H groups in total. The Morgan fingerprint density at radius 3 is 2.31 bits per heavy atom. The van der Waals surface area contributed by atoms with Crippen LogP contribution in [0.25, 0.3) is 5.65 Å². The van der Waals surface area contributed by atoms with E-state index in [0.717, 1.165) is 47.1 Å². The van der Waals surface area contributed by atoms with Crippen LogP contribution in [-0.4, -0.2) is 51.6 Å². The van der Waals surface area contributed by atoms with E-state index >= 15 is 0 Å². The molecule has 0 radical (unpaired) electrons. The summed E-state index contributed by atoms with van der Waals surface area (Å²) in [4.78, 5) is 17.0. The van der Waals surface area contributed by atoms with Gasteiger partial charge >= 0.3 is 0 Å². The summed E-state index contributed by atoms with van der Waals surface area (Å²) >= 11 is 0. The average molecular weight is 349 g/mol. The minimum atomic E-state index is 0.110. The van der Waals surface area contributed by atoms with Crippen LogP contribution in [0.5, 0.6) is 0 Å². The van der Waals surface area contributed by atoms with Crippen molar-refractivity contribution >= 4 is 17.5 Å². The third-order valence-electron chi connectivity index (χ3n) is 4.92. The van der Waals surface area contributed by atoms with Crippen molar-refractivity contribution in [1.82, 2.24) is 19.5 Å². The molecule has 1 aromatic carbocycles. The van der Waals surface area contributed by atoms with Crippen molar-refractivity contribution < 1.29 is 4.79 Å². The second kappa shape index (κ2) is 6.44. The van der Waals surface area contributed by atoms with E-state index in [1.807, 2.05) is 43.0 Å². The SMILES string of the molecule is Cc1cc(C)cc(C(=O)N2CCN(c3nnc4cccc(C)n34)CC2)c1. The van der Waals surface area contributed by atoms with Gasteiger partial charge in [0.25, 0.3) is 5.91 Å². The van der Waals surface area contributed by atoms with Crippen molar-refractivity contribution in [3.63, 3.8) is 0 Å². The van der Waals surface area contributed by atoms with Gasteiger partial charge in [-0.2, -0.15) is 0 Å². The molecular weight excluding hydrogens is 326 g/mol. The fourth-order valence-corrected chi connectivity index (χ4v) is 3.68.